The third-order valence-electron chi connectivity index (χ3n) is 5.26. The van der Waals surface area contributed by atoms with Crippen LogP contribution in [0.25, 0.3) is 0 Å². The second kappa shape index (κ2) is 8.41. The highest BCUT2D eigenvalue weighted by molar-refractivity contribution is 7.89. The summed E-state index contributed by atoms with van der Waals surface area (Å²) in [5.41, 5.74) is 3.38. The summed E-state index contributed by atoms with van der Waals surface area (Å²) in [6.45, 7) is 6.23. The molecule has 0 fully saturated rings. The first-order valence-corrected chi connectivity index (χ1v) is 11.2. The maximum absolute atomic E-state index is 13.7. The van der Waals surface area contributed by atoms with Crippen LogP contribution in [0.3, 0.4) is 0 Å². The van der Waals surface area contributed by atoms with Gasteiger partial charge in [-0.15, -0.1) is 0 Å². The summed E-state index contributed by atoms with van der Waals surface area (Å²) in [6, 6.07) is 17.0. The Kier molecular flexibility index (Phi) is 6.18. The zero-order valence-corrected chi connectivity index (χ0v) is 17.2. The molecule has 0 unspecified atom stereocenters. The maximum Gasteiger partial charge on any atom is 0.244 e. The third kappa shape index (κ3) is 4.33. The van der Waals surface area contributed by atoms with E-state index in [1.807, 2.05) is 49.4 Å². The van der Waals surface area contributed by atoms with E-state index in [4.69, 9.17) is 0 Å². The van der Waals surface area contributed by atoms with Gasteiger partial charge in [0.1, 0.15) is 0 Å². The average Bonchev–Trinajstić information content (AvgIpc) is 2.66. The molecule has 3 rings (SSSR count). The average molecular weight is 384 g/mol. The summed E-state index contributed by atoms with van der Waals surface area (Å²) >= 11 is 0. The number of hydrogen-bond donors (Lipinski definition) is 0. The molecular weight excluding hydrogens is 354 g/mol. The number of rotatable bonds is 6. The molecule has 0 aromatic heterocycles. The highest BCUT2D eigenvalue weighted by Crippen LogP contribution is 2.39. The fraction of sp³-hybridized carbons (Fsp3) is 0.391. The van der Waals surface area contributed by atoms with Gasteiger partial charge in [-0.25, -0.2) is 8.42 Å². The van der Waals surface area contributed by atoms with E-state index < -0.39 is 10.0 Å². The van der Waals surface area contributed by atoms with Gasteiger partial charge in [0.25, 0.3) is 0 Å². The smallest absolute Gasteiger partial charge is 0.207 e. The van der Waals surface area contributed by atoms with Gasteiger partial charge in [0, 0.05) is 6.04 Å². The van der Waals surface area contributed by atoms with Gasteiger partial charge < -0.3 is 0 Å². The van der Waals surface area contributed by atoms with E-state index in [1.165, 1.54) is 5.57 Å². The molecule has 0 saturated heterocycles. The van der Waals surface area contributed by atoms with Crippen molar-refractivity contribution in [3.63, 3.8) is 0 Å². The van der Waals surface area contributed by atoms with Crippen molar-refractivity contribution in [3.8, 4) is 0 Å². The Hall–Kier alpha value is -1.91. The van der Waals surface area contributed by atoms with E-state index >= 15 is 0 Å². The summed E-state index contributed by atoms with van der Waals surface area (Å²) in [6.07, 6.45) is 5.80. The van der Waals surface area contributed by atoms with E-state index in [-0.39, 0.29) is 12.1 Å². The first kappa shape index (κ1) is 19.8. The van der Waals surface area contributed by atoms with Crippen LogP contribution in [0.1, 0.15) is 56.7 Å². The lowest BCUT2D eigenvalue weighted by molar-refractivity contribution is 0.251. The zero-order chi connectivity index (χ0) is 19.4. The highest BCUT2D eigenvalue weighted by atomic mass is 32.2. The summed E-state index contributed by atoms with van der Waals surface area (Å²) in [5.74, 6) is 0. The molecule has 0 bridgehead atoms. The Labute approximate surface area is 163 Å². The van der Waals surface area contributed by atoms with Crippen molar-refractivity contribution in [2.45, 2.75) is 63.4 Å². The first-order chi connectivity index (χ1) is 12.9. The molecule has 2 aromatic carbocycles. The van der Waals surface area contributed by atoms with Crippen molar-refractivity contribution in [3.05, 3.63) is 77.4 Å². The molecule has 0 spiro atoms. The van der Waals surface area contributed by atoms with Gasteiger partial charge in [-0.05, 0) is 44.4 Å². The first-order valence-electron chi connectivity index (χ1n) is 9.76. The minimum Gasteiger partial charge on any atom is -0.207 e. The van der Waals surface area contributed by atoms with Crippen LogP contribution in [0.15, 0.2) is 71.1 Å². The van der Waals surface area contributed by atoms with Crippen molar-refractivity contribution in [1.29, 1.82) is 0 Å². The fourth-order valence-electron chi connectivity index (χ4n) is 3.84. The van der Waals surface area contributed by atoms with Crippen LogP contribution in [0, 0.1) is 6.92 Å². The van der Waals surface area contributed by atoms with Crippen LogP contribution >= 0.6 is 0 Å². The number of aryl methyl sites for hydroxylation is 1. The van der Waals surface area contributed by atoms with Crippen LogP contribution in [-0.2, 0) is 10.0 Å². The molecule has 3 nitrogen and oxygen atoms in total. The van der Waals surface area contributed by atoms with E-state index in [0.29, 0.717) is 4.90 Å². The second-order valence-corrected chi connectivity index (χ2v) is 9.34. The largest absolute Gasteiger partial charge is 0.244 e. The van der Waals surface area contributed by atoms with Crippen LogP contribution in [-0.4, -0.2) is 18.8 Å². The summed E-state index contributed by atoms with van der Waals surface area (Å²) < 4.78 is 29.1. The van der Waals surface area contributed by atoms with Gasteiger partial charge in [0.15, 0.2) is 0 Å². The lowest BCUT2D eigenvalue weighted by Gasteiger charge is -2.40. The maximum atomic E-state index is 13.7. The molecule has 144 valence electrons. The number of benzene rings is 2. The second-order valence-electron chi connectivity index (χ2n) is 7.50. The lowest BCUT2D eigenvalue weighted by Crippen LogP contribution is -2.44. The molecule has 0 amide bonds. The quantitative estimate of drug-likeness (QED) is 0.606. The minimum atomic E-state index is -3.59. The molecule has 0 radical (unpaired) electrons. The molecule has 1 heterocycles. The Morgan fingerprint density at radius 3 is 2.30 bits per heavy atom. The van der Waals surface area contributed by atoms with E-state index in [1.54, 1.807) is 16.4 Å². The Morgan fingerprint density at radius 1 is 1.00 bits per heavy atom. The van der Waals surface area contributed by atoms with E-state index in [0.717, 1.165) is 36.8 Å². The minimum absolute atomic E-state index is 0.102. The summed E-state index contributed by atoms with van der Waals surface area (Å²) in [4.78, 5) is 0.378. The topological polar surface area (TPSA) is 37.4 Å². The van der Waals surface area contributed by atoms with Crippen molar-refractivity contribution in [2.75, 3.05) is 0 Å². The fourth-order valence-corrected chi connectivity index (χ4v) is 5.62. The normalized spacial score (nSPS) is 21.1. The summed E-state index contributed by atoms with van der Waals surface area (Å²) in [7, 11) is -3.59. The van der Waals surface area contributed by atoms with Crippen molar-refractivity contribution >= 4 is 10.0 Å². The molecule has 0 N–H and O–H groups in total. The van der Waals surface area contributed by atoms with E-state index in [2.05, 4.69) is 19.9 Å². The van der Waals surface area contributed by atoms with Crippen molar-refractivity contribution in [2.24, 2.45) is 0 Å². The Bertz CT molecular complexity index is 886. The number of sulfonamides is 1. The molecular formula is C23H29NO2S. The highest BCUT2D eigenvalue weighted by Gasteiger charge is 2.39. The molecule has 2 atom stereocenters. The summed E-state index contributed by atoms with van der Waals surface area (Å²) in [5, 5.41) is 0. The van der Waals surface area contributed by atoms with Gasteiger partial charge >= 0.3 is 0 Å². The zero-order valence-electron chi connectivity index (χ0n) is 16.4. The molecule has 0 saturated carbocycles. The lowest BCUT2D eigenvalue weighted by atomic mass is 9.92. The SMILES string of the molecule is CCCC[C@@H]1C=C(C)C[C@H](c2ccccc2)N1S(=O)(=O)c1ccc(C)cc1. The molecule has 27 heavy (non-hydrogen) atoms. The Balaban J connectivity index is 2.09. The molecule has 2 aromatic rings. The van der Waals surface area contributed by atoms with Crippen molar-refractivity contribution in [1.82, 2.24) is 4.31 Å². The molecule has 4 heteroatoms. The van der Waals surface area contributed by atoms with Gasteiger partial charge in [0.2, 0.25) is 10.0 Å². The molecule has 1 aliphatic rings. The number of unbranched alkanes of at least 4 members (excludes halogenated alkanes) is 1. The van der Waals surface area contributed by atoms with Gasteiger partial charge in [-0.2, -0.15) is 4.31 Å². The van der Waals surface area contributed by atoms with Gasteiger partial charge in [-0.3, -0.25) is 0 Å². The molecule has 0 aliphatic carbocycles. The predicted molar refractivity (Wildman–Crippen MR) is 111 cm³/mol. The van der Waals surface area contributed by atoms with Crippen LogP contribution in [0.4, 0.5) is 0 Å². The Morgan fingerprint density at radius 2 is 1.67 bits per heavy atom. The molecule has 1 aliphatic heterocycles. The van der Waals surface area contributed by atoms with Crippen molar-refractivity contribution < 1.29 is 8.42 Å². The third-order valence-corrected chi connectivity index (χ3v) is 7.21. The van der Waals surface area contributed by atoms with Crippen LogP contribution < -0.4 is 0 Å². The standard InChI is InChI=1S/C23H29NO2S/c1-4-5-11-21-16-19(3)17-23(20-9-7-6-8-10-20)24(21)27(25,26)22-14-12-18(2)13-15-22/h6-10,12-16,21,23H,4-5,11,17H2,1-3H3/t21-,23-/m1/s1. The van der Waals surface area contributed by atoms with Gasteiger partial charge in [0.05, 0.1) is 10.9 Å². The van der Waals surface area contributed by atoms with Crippen LogP contribution in [0.2, 0.25) is 0 Å². The van der Waals surface area contributed by atoms with E-state index in [9.17, 15) is 8.42 Å². The predicted octanol–water partition coefficient (Wildman–Crippen LogP) is 5.64. The monoisotopic (exact) mass is 383 g/mol. The number of nitrogens with zero attached hydrogens (tertiary/aromatic N) is 1. The number of hydrogen-bond acceptors (Lipinski definition) is 2. The van der Waals surface area contributed by atoms with Crippen LogP contribution in [0.5, 0.6) is 0 Å². The van der Waals surface area contributed by atoms with Gasteiger partial charge in [-0.1, -0.05) is 79.4 Å².